The molecule has 10 heteroatoms. The number of hydrogen-bond donors (Lipinski definition) is 2. The maximum absolute atomic E-state index is 14.0. The molecular formula is C24H19F2N7O. The van der Waals surface area contributed by atoms with Gasteiger partial charge in [0.25, 0.3) is 0 Å². The van der Waals surface area contributed by atoms with E-state index in [-0.39, 0.29) is 11.7 Å². The van der Waals surface area contributed by atoms with Gasteiger partial charge >= 0.3 is 0 Å². The van der Waals surface area contributed by atoms with Crippen LogP contribution in [-0.4, -0.2) is 24.9 Å². The van der Waals surface area contributed by atoms with Gasteiger partial charge in [-0.1, -0.05) is 0 Å². The number of fused-ring (bicyclic) bond motifs is 1. The number of aromatic nitrogens is 5. The zero-order chi connectivity index (χ0) is 23.8. The van der Waals surface area contributed by atoms with Crippen LogP contribution >= 0.6 is 0 Å². The molecule has 0 radical (unpaired) electrons. The summed E-state index contributed by atoms with van der Waals surface area (Å²) in [7, 11) is 0. The number of hydrogen-bond acceptors (Lipinski definition) is 8. The average Bonchev–Trinajstić information content (AvgIpc) is 3.23. The van der Waals surface area contributed by atoms with E-state index in [2.05, 4.69) is 30.2 Å². The summed E-state index contributed by atoms with van der Waals surface area (Å²) in [5.41, 5.74) is 8.39. The van der Waals surface area contributed by atoms with Crippen molar-refractivity contribution in [1.29, 1.82) is 0 Å². The first-order chi connectivity index (χ1) is 16.4. The lowest BCUT2D eigenvalue weighted by Gasteiger charge is -2.20. The first kappa shape index (κ1) is 21.4. The first-order valence-corrected chi connectivity index (χ1v) is 10.4. The molecule has 5 rings (SSSR count). The average molecular weight is 459 g/mol. The second-order valence-electron chi connectivity index (χ2n) is 7.75. The summed E-state index contributed by atoms with van der Waals surface area (Å²) in [6, 6.07) is 8.33. The third-order valence-electron chi connectivity index (χ3n) is 5.31. The largest absolute Gasteiger partial charge is 0.441 e. The highest BCUT2D eigenvalue weighted by Crippen LogP contribution is 2.35. The quantitative estimate of drug-likeness (QED) is 0.374. The molecule has 0 aliphatic carbocycles. The highest BCUT2D eigenvalue weighted by molar-refractivity contribution is 5.84. The Morgan fingerprint density at radius 1 is 1.00 bits per heavy atom. The van der Waals surface area contributed by atoms with Crippen molar-refractivity contribution in [3.8, 4) is 22.8 Å². The van der Waals surface area contributed by atoms with Crippen molar-refractivity contribution >= 4 is 22.5 Å². The van der Waals surface area contributed by atoms with Crippen LogP contribution in [0.5, 0.6) is 0 Å². The third kappa shape index (κ3) is 4.01. The van der Waals surface area contributed by atoms with E-state index in [0.29, 0.717) is 39.6 Å². The monoisotopic (exact) mass is 459 g/mol. The van der Waals surface area contributed by atoms with Crippen molar-refractivity contribution in [1.82, 2.24) is 24.9 Å². The Bertz CT molecular complexity index is 1520. The number of benzene rings is 1. The fourth-order valence-electron chi connectivity index (χ4n) is 3.70. The highest BCUT2D eigenvalue weighted by Gasteiger charge is 2.22. The van der Waals surface area contributed by atoms with Crippen molar-refractivity contribution in [2.75, 3.05) is 11.1 Å². The predicted octanol–water partition coefficient (Wildman–Crippen LogP) is 5.08. The zero-order valence-electron chi connectivity index (χ0n) is 18.3. The summed E-state index contributed by atoms with van der Waals surface area (Å²) in [6.45, 7) is 3.66. The van der Waals surface area contributed by atoms with Crippen LogP contribution in [-0.2, 0) is 0 Å². The number of rotatable bonds is 5. The topological polar surface area (TPSA) is 116 Å². The minimum Gasteiger partial charge on any atom is -0.441 e. The van der Waals surface area contributed by atoms with Crippen molar-refractivity contribution in [2.45, 2.75) is 19.9 Å². The smallest absolute Gasteiger partial charge is 0.233 e. The fourth-order valence-corrected chi connectivity index (χ4v) is 3.70. The van der Waals surface area contributed by atoms with Crippen LogP contribution in [0.1, 0.15) is 24.3 Å². The third-order valence-corrected chi connectivity index (χ3v) is 5.31. The molecule has 4 aromatic heterocycles. The number of nitrogens with two attached hydrogens (primary N) is 1. The molecule has 0 saturated carbocycles. The second kappa shape index (κ2) is 8.47. The standard InChI is InChI=1S/C24H19F2N7O/c1-12-10-29-24(34-12)20-22(27)30-11-31-23(20)32-13(2)17-7-14-3-4-15(25)8-18(14)33-21(17)19-9-16(26)5-6-28-19/h3-11,13H,1-2H3,(H3,27,30,31,32). The van der Waals surface area contributed by atoms with E-state index in [0.717, 1.165) is 5.39 Å². The van der Waals surface area contributed by atoms with E-state index in [1.165, 1.54) is 36.8 Å². The summed E-state index contributed by atoms with van der Waals surface area (Å²) >= 11 is 0. The van der Waals surface area contributed by atoms with Crippen molar-refractivity contribution in [2.24, 2.45) is 0 Å². The lowest BCUT2D eigenvalue weighted by molar-refractivity contribution is 0.542. The number of anilines is 2. The van der Waals surface area contributed by atoms with Crippen LogP contribution in [0.3, 0.4) is 0 Å². The SMILES string of the molecule is Cc1cnc(-c2c(N)ncnc2NC(C)c2cc3ccc(F)cc3nc2-c2cc(F)ccn2)o1. The number of nitrogens with zero attached hydrogens (tertiary/aromatic N) is 5. The minimum atomic E-state index is -0.456. The molecular weight excluding hydrogens is 440 g/mol. The van der Waals surface area contributed by atoms with E-state index in [1.807, 2.05) is 13.0 Å². The molecule has 0 fully saturated rings. The molecule has 170 valence electrons. The van der Waals surface area contributed by atoms with Gasteiger partial charge in [-0.2, -0.15) is 0 Å². The van der Waals surface area contributed by atoms with Gasteiger partial charge in [-0.3, -0.25) is 4.98 Å². The number of aryl methyl sites for hydroxylation is 1. The first-order valence-electron chi connectivity index (χ1n) is 10.4. The molecule has 0 aliphatic rings. The second-order valence-corrected chi connectivity index (χ2v) is 7.75. The van der Waals surface area contributed by atoms with Gasteiger partial charge in [0.15, 0.2) is 0 Å². The molecule has 0 amide bonds. The molecule has 5 aromatic rings. The highest BCUT2D eigenvalue weighted by atomic mass is 19.1. The molecule has 0 aliphatic heterocycles. The van der Waals surface area contributed by atoms with Gasteiger partial charge in [0.1, 0.15) is 40.9 Å². The van der Waals surface area contributed by atoms with Gasteiger partial charge in [0, 0.05) is 29.3 Å². The lowest BCUT2D eigenvalue weighted by atomic mass is 10.0. The maximum atomic E-state index is 14.0. The molecule has 0 saturated heterocycles. The Balaban J connectivity index is 1.63. The number of halogens is 2. The molecule has 4 heterocycles. The van der Waals surface area contributed by atoms with E-state index in [9.17, 15) is 8.78 Å². The summed E-state index contributed by atoms with van der Waals surface area (Å²) in [5, 5.41) is 4.03. The van der Waals surface area contributed by atoms with Crippen molar-refractivity contribution in [3.05, 3.63) is 78.1 Å². The van der Waals surface area contributed by atoms with Gasteiger partial charge in [0.05, 0.1) is 29.1 Å². The number of nitrogen functional groups attached to an aromatic ring is 1. The van der Waals surface area contributed by atoms with Crippen molar-refractivity contribution < 1.29 is 13.2 Å². The minimum absolute atomic E-state index is 0.200. The number of nitrogens with one attached hydrogen (secondary N) is 1. The fraction of sp³-hybridized carbons (Fsp3) is 0.125. The van der Waals surface area contributed by atoms with E-state index in [1.54, 1.807) is 19.2 Å². The Kier molecular flexibility index (Phi) is 5.33. The lowest BCUT2D eigenvalue weighted by Crippen LogP contribution is -2.13. The van der Waals surface area contributed by atoms with Gasteiger partial charge in [-0.15, -0.1) is 0 Å². The molecule has 8 nitrogen and oxygen atoms in total. The molecule has 3 N–H and O–H groups in total. The Morgan fingerprint density at radius 3 is 2.59 bits per heavy atom. The van der Waals surface area contributed by atoms with Gasteiger partial charge < -0.3 is 15.5 Å². The van der Waals surface area contributed by atoms with Gasteiger partial charge in [-0.05, 0) is 38.1 Å². The van der Waals surface area contributed by atoms with E-state index < -0.39 is 17.7 Å². The van der Waals surface area contributed by atoms with Gasteiger partial charge in [0.2, 0.25) is 5.89 Å². The van der Waals surface area contributed by atoms with Crippen LogP contribution in [0.4, 0.5) is 20.4 Å². The van der Waals surface area contributed by atoms with Crippen LogP contribution in [0, 0.1) is 18.6 Å². The molecule has 0 bridgehead atoms. The molecule has 1 unspecified atom stereocenters. The van der Waals surface area contributed by atoms with E-state index in [4.69, 9.17) is 10.2 Å². The molecule has 0 spiro atoms. The van der Waals surface area contributed by atoms with Crippen LogP contribution in [0.15, 0.2) is 59.5 Å². The Morgan fingerprint density at radius 2 is 1.82 bits per heavy atom. The zero-order valence-corrected chi connectivity index (χ0v) is 18.3. The van der Waals surface area contributed by atoms with Crippen LogP contribution in [0.25, 0.3) is 33.7 Å². The van der Waals surface area contributed by atoms with Crippen molar-refractivity contribution in [3.63, 3.8) is 0 Å². The normalized spacial score (nSPS) is 12.1. The van der Waals surface area contributed by atoms with Gasteiger partial charge in [-0.25, -0.2) is 28.7 Å². The predicted molar refractivity (Wildman–Crippen MR) is 124 cm³/mol. The van der Waals surface area contributed by atoms with Crippen LogP contribution in [0.2, 0.25) is 0 Å². The Hall–Kier alpha value is -4.47. The number of oxazole rings is 1. The summed E-state index contributed by atoms with van der Waals surface area (Å²) in [4.78, 5) is 21.5. The number of pyridine rings is 2. The molecule has 34 heavy (non-hydrogen) atoms. The maximum Gasteiger partial charge on any atom is 0.233 e. The van der Waals surface area contributed by atoms with E-state index >= 15 is 0 Å². The molecule has 1 atom stereocenters. The van der Waals surface area contributed by atoms with Crippen LogP contribution < -0.4 is 11.1 Å². The summed E-state index contributed by atoms with van der Waals surface area (Å²) in [6.07, 6.45) is 4.27. The Labute approximate surface area is 192 Å². The summed E-state index contributed by atoms with van der Waals surface area (Å²) < 4.78 is 33.5. The summed E-state index contributed by atoms with van der Waals surface area (Å²) in [5.74, 6) is 0.624. The molecule has 1 aromatic carbocycles.